The highest BCUT2D eigenvalue weighted by Gasteiger charge is 2.73. The molecule has 0 spiro atoms. The van der Waals surface area contributed by atoms with Gasteiger partial charge < -0.3 is 9.40 Å². The van der Waals surface area contributed by atoms with Crippen LogP contribution in [0.25, 0.3) is 54.9 Å². The minimum Gasteiger partial charge on any atom is -0.455 e. The molecule has 148 valence electrons. The van der Waals surface area contributed by atoms with Crippen LogP contribution in [0.5, 0.6) is 0 Å². The highest BCUT2D eigenvalue weighted by Crippen LogP contribution is 2.77. The zero-order chi connectivity index (χ0) is 20.3. The van der Waals surface area contributed by atoms with Gasteiger partial charge in [0, 0.05) is 38.1 Å². The molecule has 2 saturated carbocycles. The Morgan fingerprint density at radius 3 is 2.39 bits per heavy atom. The van der Waals surface area contributed by atoms with Gasteiger partial charge in [0.15, 0.2) is 0 Å². The molecular weight excluding hydrogens is 378 g/mol. The molecule has 2 heteroatoms. The van der Waals surface area contributed by atoms with Crippen LogP contribution in [0.4, 0.5) is 0 Å². The van der Waals surface area contributed by atoms with Crippen molar-refractivity contribution >= 4 is 43.7 Å². The van der Waals surface area contributed by atoms with Crippen molar-refractivity contribution < 1.29 is 4.42 Å². The van der Waals surface area contributed by atoms with Crippen molar-refractivity contribution in [2.45, 2.75) is 18.8 Å². The van der Waals surface area contributed by atoms with Crippen LogP contribution in [0.15, 0.2) is 83.3 Å². The number of hydrogen-bond donors (Lipinski definition) is 1. The maximum atomic E-state index is 6.30. The first-order chi connectivity index (χ1) is 15.2. The molecule has 2 aliphatic rings. The van der Waals surface area contributed by atoms with E-state index in [4.69, 9.17) is 4.42 Å². The molecule has 4 aromatic carbocycles. The Hall–Kier alpha value is -3.52. The highest BCUT2D eigenvalue weighted by atomic mass is 16.3. The molecule has 1 N–H and O–H groups in total. The van der Waals surface area contributed by atoms with E-state index >= 15 is 0 Å². The summed E-state index contributed by atoms with van der Waals surface area (Å²) in [6.45, 7) is 2.44. The maximum absolute atomic E-state index is 6.30. The molecular formula is C29H21NO. The third kappa shape index (κ3) is 1.98. The van der Waals surface area contributed by atoms with Crippen LogP contribution in [0.1, 0.15) is 18.9 Å². The van der Waals surface area contributed by atoms with E-state index in [1.54, 1.807) is 0 Å². The average molecular weight is 399 g/mol. The second-order valence-electron chi connectivity index (χ2n) is 9.66. The zero-order valence-electron chi connectivity index (χ0n) is 17.3. The summed E-state index contributed by atoms with van der Waals surface area (Å²) in [4.78, 5) is 3.61. The smallest absolute Gasteiger partial charge is 0.143 e. The van der Waals surface area contributed by atoms with Crippen molar-refractivity contribution in [3.8, 4) is 11.1 Å². The molecule has 2 unspecified atom stereocenters. The lowest BCUT2D eigenvalue weighted by atomic mass is 9.87. The van der Waals surface area contributed by atoms with Crippen LogP contribution >= 0.6 is 0 Å². The summed E-state index contributed by atoms with van der Waals surface area (Å²) in [6.07, 6.45) is 1.42. The molecule has 2 atom stereocenters. The largest absolute Gasteiger partial charge is 0.455 e. The van der Waals surface area contributed by atoms with Crippen molar-refractivity contribution in [3.63, 3.8) is 0 Å². The summed E-state index contributed by atoms with van der Waals surface area (Å²) in [7, 11) is 0. The van der Waals surface area contributed by atoms with Crippen LogP contribution in [-0.4, -0.2) is 4.98 Å². The zero-order valence-corrected chi connectivity index (χ0v) is 17.3. The van der Waals surface area contributed by atoms with Gasteiger partial charge in [0.2, 0.25) is 0 Å². The van der Waals surface area contributed by atoms with Crippen molar-refractivity contribution in [2.75, 3.05) is 0 Å². The number of H-pyrrole nitrogens is 1. The standard InChI is InChI=1S/C29H21NO/c1-29(23-15-24(23)29)17-10-12-26-22(14-17)21-13-16(9-11-25(21)30-26)18-6-4-7-20-19-5-2-3-8-27(19)31-28(18)20/h2-14,23-24,30H,15H2,1H3. The number of aromatic nitrogens is 1. The van der Waals surface area contributed by atoms with Gasteiger partial charge in [-0.3, -0.25) is 0 Å². The molecule has 2 aromatic heterocycles. The molecule has 0 aliphatic heterocycles. The van der Waals surface area contributed by atoms with Crippen molar-refractivity contribution in [2.24, 2.45) is 11.8 Å². The number of nitrogens with one attached hydrogen (secondary N) is 1. The number of rotatable bonds is 2. The van der Waals surface area contributed by atoms with Gasteiger partial charge in [-0.1, -0.05) is 55.5 Å². The first-order valence-electron chi connectivity index (χ1n) is 11.2. The molecule has 2 nitrogen and oxygen atoms in total. The number of benzene rings is 4. The lowest BCUT2D eigenvalue weighted by Gasteiger charge is -2.17. The van der Waals surface area contributed by atoms with Crippen LogP contribution < -0.4 is 0 Å². The van der Waals surface area contributed by atoms with Gasteiger partial charge in [-0.2, -0.15) is 0 Å². The fraction of sp³-hybridized carbons (Fsp3) is 0.172. The number of para-hydroxylation sites is 2. The summed E-state index contributed by atoms with van der Waals surface area (Å²) < 4.78 is 6.30. The van der Waals surface area contributed by atoms with E-state index in [0.29, 0.717) is 5.41 Å². The topological polar surface area (TPSA) is 28.9 Å². The van der Waals surface area contributed by atoms with Gasteiger partial charge in [0.05, 0.1) is 0 Å². The van der Waals surface area contributed by atoms with Crippen LogP contribution in [-0.2, 0) is 5.41 Å². The third-order valence-corrected chi connectivity index (χ3v) is 8.16. The first-order valence-corrected chi connectivity index (χ1v) is 11.2. The minimum atomic E-state index is 0.426. The monoisotopic (exact) mass is 399 g/mol. The van der Waals surface area contributed by atoms with E-state index in [-0.39, 0.29) is 0 Å². The molecule has 2 aliphatic carbocycles. The number of furan rings is 1. The summed E-state index contributed by atoms with van der Waals surface area (Å²) in [5.74, 6) is 1.85. The summed E-state index contributed by atoms with van der Waals surface area (Å²) in [5.41, 5.74) is 8.60. The Balaban J connectivity index is 1.36. The van der Waals surface area contributed by atoms with Crippen molar-refractivity contribution in [1.82, 2.24) is 4.98 Å². The summed E-state index contributed by atoms with van der Waals surface area (Å²) >= 11 is 0. The van der Waals surface area contributed by atoms with Crippen molar-refractivity contribution in [1.29, 1.82) is 0 Å². The van der Waals surface area contributed by atoms with E-state index < -0.39 is 0 Å². The van der Waals surface area contributed by atoms with Crippen LogP contribution in [0, 0.1) is 11.8 Å². The van der Waals surface area contributed by atoms with Crippen molar-refractivity contribution in [3.05, 3.63) is 84.4 Å². The van der Waals surface area contributed by atoms with E-state index in [2.05, 4.69) is 78.6 Å². The Bertz CT molecular complexity index is 1690. The van der Waals surface area contributed by atoms with Crippen LogP contribution in [0.3, 0.4) is 0 Å². The van der Waals surface area contributed by atoms with Gasteiger partial charge in [0.1, 0.15) is 11.2 Å². The molecule has 31 heavy (non-hydrogen) atoms. The summed E-state index contributed by atoms with van der Waals surface area (Å²) in [5, 5.41) is 4.97. The Morgan fingerprint density at radius 2 is 1.55 bits per heavy atom. The Labute approximate surface area is 179 Å². The highest BCUT2D eigenvalue weighted by molar-refractivity contribution is 6.12. The quantitative estimate of drug-likeness (QED) is 0.316. The molecule has 8 rings (SSSR count). The third-order valence-electron chi connectivity index (χ3n) is 8.16. The maximum Gasteiger partial charge on any atom is 0.143 e. The Morgan fingerprint density at radius 1 is 0.774 bits per heavy atom. The van der Waals surface area contributed by atoms with E-state index in [1.165, 1.54) is 50.1 Å². The van der Waals surface area contributed by atoms with Gasteiger partial charge in [0.25, 0.3) is 0 Å². The second kappa shape index (κ2) is 5.20. The summed E-state index contributed by atoms with van der Waals surface area (Å²) in [6, 6.07) is 28.5. The van der Waals surface area contributed by atoms with Gasteiger partial charge >= 0.3 is 0 Å². The average Bonchev–Trinajstić information content (AvgIpc) is 3.64. The predicted molar refractivity (Wildman–Crippen MR) is 127 cm³/mol. The minimum absolute atomic E-state index is 0.426. The second-order valence-corrected chi connectivity index (χ2v) is 9.66. The van der Waals surface area contributed by atoms with E-state index in [0.717, 1.165) is 28.6 Å². The number of hydrogen-bond acceptors (Lipinski definition) is 1. The molecule has 0 bridgehead atoms. The van der Waals surface area contributed by atoms with Gasteiger partial charge in [-0.05, 0) is 65.1 Å². The Kier molecular flexibility index (Phi) is 2.72. The molecule has 6 aromatic rings. The van der Waals surface area contributed by atoms with Gasteiger partial charge in [-0.15, -0.1) is 0 Å². The molecule has 2 heterocycles. The molecule has 0 amide bonds. The number of fused-ring (bicyclic) bond motifs is 7. The predicted octanol–water partition coefficient (Wildman–Crippen LogP) is 7.79. The van der Waals surface area contributed by atoms with E-state index in [1.807, 2.05) is 12.1 Å². The fourth-order valence-corrected chi connectivity index (χ4v) is 6.02. The van der Waals surface area contributed by atoms with E-state index in [9.17, 15) is 0 Å². The lowest BCUT2D eigenvalue weighted by molar-refractivity contribution is 0.563. The lowest BCUT2D eigenvalue weighted by Crippen LogP contribution is -2.10. The SMILES string of the molecule is CC1(c2ccc3[nH]c4ccc(-c5cccc6c5oc5ccccc56)cc4c3c2)C2CC21. The molecule has 0 radical (unpaired) electrons. The number of aromatic amines is 1. The van der Waals surface area contributed by atoms with Gasteiger partial charge in [-0.25, -0.2) is 0 Å². The first kappa shape index (κ1) is 16.2. The normalized spacial score (nSPS) is 24.3. The van der Waals surface area contributed by atoms with Crippen LogP contribution in [0.2, 0.25) is 0 Å². The fourth-order valence-electron chi connectivity index (χ4n) is 6.02. The molecule has 0 saturated heterocycles. The molecule has 2 fully saturated rings.